The van der Waals surface area contributed by atoms with Crippen molar-refractivity contribution in [2.45, 2.75) is 18.4 Å². The quantitative estimate of drug-likeness (QED) is 0.469. The molecule has 2 nitrogen and oxygen atoms in total. The number of esters is 1. The summed E-state index contributed by atoms with van der Waals surface area (Å²) >= 11 is 4.15. The second-order valence-electron chi connectivity index (χ2n) is 3.02. The molecule has 1 rings (SSSR count). The molecule has 0 aliphatic heterocycles. The number of rotatable bonds is 3. The van der Waals surface area contributed by atoms with Gasteiger partial charge in [0.1, 0.15) is 6.61 Å². The van der Waals surface area contributed by atoms with E-state index in [9.17, 15) is 4.79 Å². The summed E-state index contributed by atoms with van der Waals surface area (Å²) in [5.41, 5.74) is 1.35. The minimum atomic E-state index is -0.361. The maximum Gasteiger partial charge on any atom is 0.333 e. The van der Waals surface area contributed by atoms with Crippen LogP contribution in [0.25, 0.3) is 0 Å². The molecule has 0 aromatic heterocycles. The molecule has 1 aromatic carbocycles. The SMILES string of the molecule is C=C(C)C(=O)OCc1ccc(S)cc1. The Kier molecular flexibility index (Phi) is 3.77. The molecule has 3 heteroatoms. The summed E-state index contributed by atoms with van der Waals surface area (Å²) in [6.45, 7) is 5.40. The van der Waals surface area contributed by atoms with E-state index in [1.807, 2.05) is 24.3 Å². The summed E-state index contributed by atoms with van der Waals surface area (Å²) in [5.74, 6) is -0.361. The Labute approximate surface area is 89.0 Å². The van der Waals surface area contributed by atoms with Crippen LogP contribution in [0.1, 0.15) is 12.5 Å². The molecule has 0 fully saturated rings. The smallest absolute Gasteiger partial charge is 0.333 e. The van der Waals surface area contributed by atoms with Crippen LogP contribution in [-0.4, -0.2) is 5.97 Å². The van der Waals surface area contributed by atoms with Gasteiger partial charge in [0.05, 0.1) is 0 Å². The highest BCUT2D eigenvalue weighted by molar-refractivity contribution is 7.80. The largest absolute Gasteiger partial charge is 0.457 e. The van der Waals surface area contributed by atoms with Crippen molar-refractivity contribution < 1.29 is 9.53 Å². The molecule has 0 radical (unpaired) electrons. The highest BCUT2D eigenvalue weighted by atomic mass is 32.1. The number of carbonyl (C=O) groups excluding carboxylic acids is 1. The molecule has 0 unspecified atom stereocenters. The van der Waals surface area contributed by atoms with Crippen molar-refractivity contribution in [1.82, 2.24) is 0 Å². The Morgan fingerprint density at radius 1 is 1.43 bits per heavy atom. The van der Waals surface area contributed by atoms with Gasteiger partial charge in [-0.15, -0.1) is 12.6 Å². The zero-order chi connectivity index (χ0) is 10.6. The third-order valence-corrected chi connectivity index (χ3v) is 1.95. The Balaban J connectivity index is 2.50. The van der Waals surface area contributed by atoms with Crippen molar-refractivity contribution in [1.29, 1.82) is 0 Å². The lowest BCUT2D eigenvalue weighted by Gasteiger charge is -2.04. The van der Waals surface area contributed by atoms with Gasteiger partial charge >= 0.3 is 5.97 Å². The van der Waals surface area contributed by atoms with Gasteiger partial charge in [-0.05, 0) is 24.6 Å². The van der Waals surface area contributed by atoms with Crippen LogP contribution in [0.3, 0.4) is 0 Å². The summed E-state index contributed by atoms with van der Waals surface area (Å²) in [6.07, 6.45) is 0. The van der Waals surface area contributed by atoms with Gasteiger partial charge in [0.15, 0.2) is 0 Å². The molecule has 0 aliphatic carbocycles. The van der Waals surface area contributed by atoms with E-state index in [0.29, 0.717) is 5.57 Å². The second kappa shape index (κ2) is 4.86. The molecule has 1 aromatic rings. The van der Waals surface area contributed by atoms with Gasteiger partial charge in [0.25, 0.3) is 0 Å². The first-order valence-electron chi connectivity index (χ1n) is 4.20. The number of benzene rings is 1. The van der Waals surface area contributed by atoms with Crippen molar-refractivity contribution in [2.24, 2.45) is 0 Å². The van der Waals surface area contributed by atoms with Gasteiger partial charge in [0, 0.05) is 10.5 Å². The third kappa shape index (κ3) is 3.26. The lowest BCUT2D eigenvalue weighted by molar-refractivity contribution is -0.140. The predicted molar refractivity (Wildman–Crippen MR) is 58.3 cm³/mol. The first kappa shape index (κ1) is 10.9. The van der Waals surface area contributed by atoms with E-state index >= 15 is 0 Å². The lowest BCUT2D eigenvalue weighted by atomic mass is 10.2. The van der Waals surface area contributed by atoms with Gasteiger partial charge in [-0.2, -0.15) is 0 Å². The molecule has 0 aliphatic rings. The van der Waals surface area contributed by atoms with E-state index in [-0.39, 0.29) is 12.6 Å². The third-order valence-electron chi connectivity index (χ3n) is 1.65. The maximum atomic E-state index is 11.0. The Morgan fingerprint density at radius 2 is 2.00 bits per heavy atom. The first-order chi connectivity index (χ1) is 6.59. The Bertz CT molecular complexity index is 341. The van der Waals surface area contributed by atoms with Gasteiger partial charge in [-0.25, -0.2) is 4.79 Å². The molecule has 0 atom stereocenters. The van der Waals surface area contributed by atoms with Gasteiger partial charge in [-0.3, -0.25) is 0 Å². The van der Waals surface area contributed by atoms with Crippen molar-refractivity contribution in [3.05, 3.63) is 42.0 Å². The number of hydrogen-bond acceptors (Lipinski definition) is 3. The van der Waals surface area contributed by atoms with E-state index in [1.54, 1.807) is 6.92 Å². The molecular formula is C11H12O2S. The molecule has 0 saturated carbocycles. The van der Waals surface area contributed by atoms with Crippen LogP contribution in [0.2, 0.25) is 0 Å². The van der Waals surface area contributed by atoms with E-state index in [0.717, 1.165) is 10.5 Å². The summed E-state index contributed by atoms with van der Waals surface area (Å²) in [4.78, 5) is 11.9. The summed E-state index contributed by atoms with van der Waals surface area (Å²) in [7, 11) is 0. The fraction of sp³-hybridized carbons (Fsp3) is 0.182. The minimum Gasteiger partial charge on any atom is -0.457 e. The minimum absolute atomic E-state index is 0.278. The van der Waals surface area contributed by atoms with Crippen LogP contribution in [0.15, 0.2) is 41.3 Å². The van der Waals surface area contributed by atoms with Gasteiger partial charge in [-0.1, -0.05) is 18.7 Å². The van der Waals surface area contributed by atoms with Crippen LogP contribution in [0.5, 0.6) is 0 Å². The van der Waals surface area contributed by atoms with Crippen LogP contribution < -0.4 is 0 Å². The Morgan fingerprint density at radius 3 is 2.50 bits per heavy atom. The summed E-state index contributed by atoms with van der Waals surface area (Å²) < 4.78 is 4.97. The molecule has 14 heavy (non-hydrogen) atoms. The molecule has 0 heterocycles. The van der Waals surface area contributed by atoms with Crippen molar-refractivity contribution in [2.75, 3.05) is 0 Å². The normalized spacial score (nSPS) is 9.57. The molecular weight excluding hydrogens is 196 g/mol. The number of ether oxygens (including phenoxy) is 1. The highest BCUT2D eigenvalue weighted by Crippen LogP contribution is 2.09. The number of thiol groups is 1. The molecule has 0 saturated heterocycles. The fourth-order valence-corrected chi connectivity index (χ4v) is 1.01. The number of hydrogen-bond donors (Lipinski definition) is 1. The Hall–Kier alpha value is -1.22. The van der Waals surface area contributed by atoms with Crippen molar-refractivity contribution in [3.8, 4) is 0 Å². The second-order valence-corrected chi connectivity index (χ2v) is 3.54. The van der Waals surface area contributed by atoms with Crippen LogP contribution in [-0.2, 0) is 16.1 Å². The average Bonchev–Trinajstić information content (AvgIpc) is 2.16. The summed E-state index contributed by atoms with van der Waals surface area (Å²) in [5, 5.41) is 0. The number of carbonyl (C=O) groups is 1. The maximum absolute atomic E-state index is 11.0. The molecule has 0 amide bonds. The lowest BCUT2D eigenvalue weighted by Crippen LogP contribution is -2.04. The van der Waals surface area contributed by atoms with Gasteiger partial charge < -0.3 is 4.74 Å². The highest BCUT2D eigenvalue weighted by Gasteiger charge is 2.02. The van der Waals surface area contributed by atoms with Crippen LogP contribution >= 0.6 is 12.6 Å². The molecule has 0 spiro atoms. The summed E-state index contributed by atoms with van der Waals surface area (Å²) in [6, 6.07) is 7.45. The molecule has 74 valence electrons. The molecule has 0 N–H and O–H groups in total. The average molecular weight is 208 g/mol. The topological polar surface area (TPSA) is 26.3 Å². The monoisotopic (exact) mass is 208 g/mol. The van der Waals surface area contributed by atoms with Gasteiger partial charge in [0.2, 0.25) is 0 Å². The fourth-order valence-electron chi connectivity index (χ4n) is 0.864. The zero-order valence-electron chi connectivity index (χ0n) is 7.99. The van der Waals surface area contributed by atoms with E-state index < -0.39 is 0 Å². The zero-order valence-corrected chi connectivity index (χ0v) is 8.88. The standard InChI is InChI=1S/C11H12O2S/c1-8(2)11(12)13-7-9-3-5-10(14)6-4-9/h3-6,14H,1,7H2,2H3. The van der Waals surface area contributed by atoms with E-state index in [4.69, 9.17) is 4.74 Å². The van der Waals surface area contributed by atoms with Crippen molar-refractivity contribution >= 4 is 18.6 Å². The van der Waals surface area contributed by atoms with E-state index in [2.05, 4.69) is 19.2 Å². The van der Waals surface area contributed by atoms with E-state index in [1.165, 1.54) is 0 Å². The van der Waals surface area contributed by atoms with Crippen LogP contribution in [0, 0.1) is 0 Å². The van der Waals surface area contributed by atoms with Crippen molar-refractivity contribution in [3.63, 3.8) is 0 Å². The molecule has 0 bridgehead atoms. The first-order valence-corrected chi connectivity index (χ1v) is 4.65. The predicted octanol–water partition coefficient (Wildman–Crippen LogP) is 2.59. The van der Waals surface area contributed by atoms with Crippen LogP contribution in [0.4, 0.5) is 0 Å².